The molecule has 7 rings (SSSR count). The van der Waals surface area contributed by atoms with Crippen molar-refractivity contribution >= 4 is 31.4 Å². The van der Waals surface area contributed by atoms with Gasteiger partial charge in [-0.1, -0.05) is 72.8 Å². The molecule has 6 aromatic rings. The van der Waals surface area contributed by atoms with Gasteiger partial charge in [0.1, 0.15) is 42.4 Å². The first kappa shape index (κ1) is 44.3. The lowest BCUT2D eigenvalue weighted by molar-refractivity contribution is -0.0911. The molecule has 15 heteroatoms. The molecule has 4 atom stereocenters. The zero-order valence-corrected chi connectivity index (χ0v) is 36.6. The number of anilines is 1. The average molecular weight is 858 g/mol. The van der Waals surface area contributed by atoms with E-state index in [1.54, 1.807) is 44.8 Å². The first-order valence-corrected chi connectivity index (χ1v) is 21.7. The van der Waals surface area contributed by atoms with E-state index in [0.29, 0.717) is 34.6 Å². The normalized spacial score (nSPS) is 17.1. The van der Waals surface area contributed by atoms with Gasteiger partial charge in [-0.3, -0.25) is 9.36 Å². The summed E-state index contributed by atoms with van der Waals surface area (Å²) < 4.78 is 43.0. The van der Waals surface area contributed by atoms with Gasteiger partial charge in [0.25, 0.3) is 14.4 Å². The molecule has 0 aliphatic carbocycles. The molecule has 3 heterocycles. The monoisotopic (exact) mass is 857 g/mol. The Kier molecular flexibility index (Phi) is 14.6. The van der Waals surface area contributed by atoms with Crippen molar-refractivity contribution in [2.45, 2.75) is 70.2 Å². The molecule has 0 spiro atoms. The van der Waals surface area contributed by atoms with E-state index in [-0.39, 0.29) is 43.6 Å². The van der Waals surface area contributed by atoms with Gasteiger partial charge in [-0.05, 0) is 80.8 Å². The first-order chi connectivity index (χ1) is 30.2. The molecule has 1 aliphatic rings. The predicted molar refractivity (Wildman–Crippen MR) is 238 cm³/mol. The zero-order chi connectivity index (χ0) is 43.6. The molecule has 1 N–H and O–H groups in total. The Morgan fingerprint density at radius 2 is 1.47 bits per heavy atom. The average Bonchev–Trinajstić information content (AvgIpc) is 3.92. The molecular formula is C47H52N7O7P. The molecule has 2 aromatic heterocycles. The number of methoxy groups -OCH3 is 2. The van der Waals surface area contributed by atoms with Crippen LogP contribution < -0.4 is 14.8 Å². The lowest BCUT2D eigenvalue weighted by Crippen LogP contribution is -2.39. The van der Waals surface area contributed by atoms with E-state index in [1.807, 2.05) is 77.4 Å². The Morgan fingerprint density at radius 3 is 2.05 bits per heavy atom. The van der Waals surface area contributed by atoms with Crippen LogP contribution in [0.4, 0.5) is 5.82 Å². The number of fused-ring (bicyclic) bond motifs is 1. The molecule has 1 fully saturated rings. The maximum atomic E-state index is 13.2. The number of imidazole rings is 1. The first-order valence-electron chi connectivity index (χ1n) is 20.6. The quantitative estimate of drug-likeness (QED) is 0.0362. The van der Waals surface area contributed by atoms with Gasteiger partial charge in [0.05, 0.1) is 33.3 Å². The number of hydrogen-bond donors (Lipinski definition) is 1. The number of aromatic nitrogens is 4. The lowest BCUT2D eigenvalue weighted by atomic mass is 9.80. The van der Waals surface area contributed by atoms with Crippen molar-refractivity contribution in [1.29, 1.82) is 0 Å². The van der Waals surface area contributed by atoms with Gasteiger partial charge in [-0.25, -0.2) is 26.2 Å². The SMILES string of the molecule is [C-]#[N+]CCOP(O[C@@H]1C[C@H](n2cnc3c(NC(=O)c4ccccc4)ncnc32)O[C@@H]1COC(c1ccccc1)(c1ccc(OC)cc1)c1ccc(OC)cc1)N(C(C)C)C(C)C. The number of carbonyl (C=O) groups excluding carboxylic acids is 1. The molecule has 0 radical (unpaired) electrons. The molecule has 14 nitrogen and oxygen atoms in total. The summed E-state index contributed by atoms with van der Waals surface area (Å²) in [6.45, 7) is 16.4. The minimum Gasteiger partial charge on any atom is -0.497 e. The minimum atomic E-state index is -1.65. The highest BCUT2D eigenvalue weighted by Gasteiger charge is 2.45. The summed E-state index contributed by atoms with van der Waals surface area (Å²) in [4.78, 5) is 30.4. The molecular weight excluding hydrogens is 806 g/mol. The number of nitrogens with one attached hydrogen (secondary N) is 1. The van der Waals surface area contributed by atoms with Crippen molar-refractivity contribution in [3.05, 3.63) is 156 Å². The molecule has 1 saturated heterocycles. The number of amides is 1. The summed E-state index contributed by atoms with van der Waals surface area (Å²) in [7, 11) is 1.63. The van der Waals surface area contributed by atoms with Crippen molar-refractivity contribution in [3.63, 3.8) is 0 Å². The summed E-state index contributed by atoms with van der Waals surface area (Å²) in [5, 5.41) is 2.90. The summed E-state index contributed by atoms with van der Waals surface area (Å²) in [6.07, 6.45) is 1.65. The Hall–Kier alpha value is -5.78. The van der Waals surface area contributed by atoms with E-state index in [1.165, 1.54) is 6.33 Å². The van der Waals surface area contributed by atoms with Crippen LogP contribution in [0.25, 0.3) is 16.0 Å². The van der Waals surface area contributed by atoms with Gasteiger partial charge in [0.2, 0.25) is 6.54 Å². The van der Waals surface area contributed by atoms with Crippen LogP contribution in [0.3, 0.4) is 0 Å². The molecule has 1 aliphatic heterocycles. The van der Waals surface area contributed by atoms with E-state index in [0.717, 1.165) is 16.7 Å². The fraction of sp³-hybridized carbons (Fsp3) is 0.340. The second-order valence-corrected chi connectivity index (χ2v) is 16.6. The highest BCUT2D eigenvalue weighted by molar-refractivity contribution is 7.44. The fourth-order valence-electron chi connectivity index (χ4n) is 7.74. The van der Waals surface area contributed by atoms with E-state index in [4.69, 9.17) is 34.6 Å². The molecule has 1 amide bonds. The van der Waals surface area contributed by atoms with Crippen LogP contribution in [0.15, 0.2) is 122 Å². The Morgan fingerprint density at radius 1 is 0.871 bits per heavy atom. The number of benzene rings is 4. The lowest BCUT2D eigenvalue weighted by Gasteiger charge is -2.39. The third kappa shape index (κ3) is 9.64. The molecule has 1 unspecified atom stereocenters. The Labute approximate surface area is 363 Å². The Balaban J connectivity index is 1.28. The second kappa shape index (κ2) is 20.4. The second-order valence-electron chi connectivity index (χ2n) is 15.2. The van der Waals surface area contributed by atoms with Crippen LogP contribution in [-0.2, 0) is 24.1 Å². The van der Waals surface area contributed by atoms with E-state index >= 15 is 0 Å². The van der Waals surface area contributed by atoms with Gasteiger partial charge in [-0.15, -0.1) is 0 Å². The highest BCUT2D eigenvalue weighted by atomic mass is 31.2. The number of rotatable bonds is 19. The number of nitrogens with zero attached hydrogens (tertiary/aromatic N) is 6. The van der Waals surface area contributed by atoms with Crippen molar-refractivity contribution < 1.29 is 32.8 Å². The van der Waals surface area contributed by atoms with Gasteiger partial charge in [-0.2, -0.15) is 0 Å². The molecule has 0 saturated carbocycles. The maximum absolute atomic E-state index is 13.2. The van der Waals surface area contributed by atoms with Crippen LogP contribution >= 0.6 is 8.53 Å². The van der Waals surface area contributed by atoms with Crippen LogP contribution in [0.5, 0.6) is 11.5 Å². The third-order valence-corrected chi connectivity index (χ3v) is 12.8. The van der Waals surface area contributed by atoms with E-state index in [9.17, 15) is 4.79 Å². The Bertz CT molecular complexity index is 2360. The number of hydrogen-bond acceptors (Lipinski definition) is 11. The number of ether oxygens (including phenoxy) is 4. The predicted octanol–water partition coefficient (Wildman–Crippen LogP) is 9.06. The summed E-state index contributed by atoms with van der Waals surface area (Å²) in [6, 6.07) is 34.9. The minimum absolute atomic E-state index is 0.0801. The molecule has 0 bridgehead atoms. The van der Waals surface area contributed by atoms with Crippen LogP contribution in [0.2, 0.25) is 0 Å². The van der Waals surface area contributed by atoms with Crippen LogP contribution in [-0.4, -0.2) is 88.4 Å². The van der Waals surface area contributed by atoms with Crippen molar-refractivity contribution in [1.82, 2.24) is 24.2 Å². The van der Waals surface area contributed by atoms with Gasteiger partial charge < -0.3 is 38.2 Å². The van der Waals surface area contributed by atoms with Gasteiger partial charge in [0.15, 0.2) is 17.0 Å². The largest absolute Gasteiger partial charge is 0.497 e. The van der Waals surface area contributed by atoms with Gasteiger partial charge >= 0.3 is 0 Å². The fourth-order valence-corrected chi connectivity index (χ4v) is 9.49. The third-order valence-electron chi connectivity index (χ3n) is 10.6. The summed E-state index contributed by atoms with van der Waals surface area (Å²) in [5.41, 5.74) is 2.91. The maximum Gasteiger partial charge on any atom is 0.259 e. The molecule has 322 valence electrons. The summed E-state index contributed by atoms with van der Waals surface area (Å²) in [5.74, 6) is 1.39. The smallest absolute Gasteiger partial charge is 0.259 e. The van der Waals surface area contributed by atoms with Crippen LogP contribution in [0.1, 0.15) is 67.4 Å². The molecule has 4 aromatic carbocycles. The van der Waals surface area contributed by atoms with Gasteiger partial charge in [0, 0.05) is 24.1 Å². The highest BCUT2D eigenvalue weighted by Crippen LogP contribution is 2.51. The van der Waals surface area contributed by atoms with Crippen molar-refractivity contribution in [3.8, 4) is 11.5 Å². The van der Waals surface area contributed by atoms with E-state index in [2.05, 4.69) is 69.6 Å². The zero-order valence-electron chi connectivity index (χ0n) is 35.8. The van der Waals surface area contributed by atoms with Crippen molar-refractivity contribution in [2.75, 3.05) is 39.3 Å². The summed E-state index contributed by atoms with van der Waals surface area (Å²) >= 11 is 0. The van der Waals surface area contributed by atoms with Crippen molar-refractivity contribution in [2.24, 2.45) is 0 Å². The van der Waals surface area contributed by atoms with E-state index < -0.39 is 32.6 Å². The topological polar surface area (TPSA) is 136 Å². The number of carbonyl (C=O) groups is 1. The van der Waals surface area contributed by atoms with Crippen LogP contribution in [0, 0.1) is 6.57 Å². The molecule has 62 heavy (non-hydrogen) atoms. The standard InChI is InChI=1S/C47H52N7O7P/c1-32(2)54(33(3)4)62(59-27-26-48-5)61-40-28-42(53-31-51-43-44(49-30-50-45(43)53)52-46(55)34-14-10-8-11-15-34)60-41(40)29-58-47(35-16-12-9-13-17-35,36-18-22-38(56-6)23-19-36)37-20-24-39(57-7)25-21-37/h8-25,30-33,40-42H,26-29H2,1-4,6-7H3,(H,49,50,52,55)/t40-,41-,42-,62?/m1/s1.